The number of aliphatic carboxylic acids is 1. The Morgan fingerprint density at radius 3 is 2.33 bits per heavy atom. The van der Waals surface area contributed by atoms with E-state index in [9.17, 15) is 14.7 Å². The van der Waals surface area contributed by atoms with Crippen molar-refractivity contribution in [2.75, 3.05) is 13.1 Å². The summed E-state index contributed by atoms with van der Waals surface area (Å²) < 4.78 is 1.89. The molecule has 2 aromatic rings. The van der Waals surface area contributed by atoms with Gasteiger partial charge in [-0.05, 0) is 45.2 Å². The first kappa shape index (κ1) is 19.1. The predicted molar refractivity (Wildman–Crippen MR) is 103 cm³/mol. The normalized spacial score (nSPS) is 17.5. The van der Waals surface area contributed by atoms with Crippen molar-refractivity contribution in [1.29, 1.82) is 0 Å². The molecule has 1 aromatic carbocycles. The van der Waals surface area contributed by atoms with E-state index >= 15 is 0 Å². The van der Waals surface area contributed by atoms with Gasteiger partial charge in [0, 0.05) is 25.2 Å². The largest absolute Gasteiger partial charge is 0.481 e. The van der Waals surface area contributed by atoms with Crippen LogP contribution in [0.5, 0.6) is 0 Å². The third-order valence-electron chi connectivity index (χ3n) is 5.64. The SMILES string of the molecule is Cc1cc(C)n(C(C)CC(=O)N2CCC(C(=O)O)(c3ccccc3)CC2)n1. The first-order valence-electron chi connectivity index (χ1n) is 9.43. The van der Waals surface area contributed by atoms with Gasteiger partial charge in [-0.25, -0.2) is 0 Å². The van der Waals surface area contributed by atoms with Crippen LogP contribution in [0.15, 0.2) is 36.4 Å². The lowest BCUT2D eigenvalue weighted by Gasteiger charge is -2.39. The molecule has 1 amide bonds. The number of hydrogen-bond donors (Lipinski definition) is 1. The fourth-order valence-corrected chi connectivity index (χ4v) is 4.08. The molecule has 1 aliphatic heterocycles. The number of hydrogen-bond acceptors (Lipinski definition) is 3. The van der Waals surface area contributed by atoms with Crippen molar-refractivity contribution >= 4 is 11.9 Å². The Kier molecular flexibility index (Phi) is 5.35. The van der Waals surface area contributed by atoms with Gasteiger partial charge in [0.05, 0.1) is 17.2 Å². The van der Waals surface area contributed by atoms with Crippen molar-refractivity contribution in [3.63, 3.8) is 0 Å². The molecule has 1 aromatic heterocycles. The van der Waals surface area contributed by atoms with Crippen molar-refractivity contribution in [3.05, 3.63) is 53.3 Å². The van der Waals surface area contributed by atoms with Crippen LogP contribution in [0, 0.1) is 13.8 Å². The summed E-state index contributed by atoms with van der Waals surface area (Å²) in [6.45, 7) is 6.85. The summed E-state index contributed by atoms with van der Waals surface area (Å²) in [5.74, 6) is -0.751. The van der Waals surface area contributed by atoms with Gasteiger partial charge in [0.25, 0.3) is 0 Å². The number of likely N-dealkylation sites (tertiary alicyclic amines) is 1. The molecular weight excluding hydrogens is 342 g/mol. The van der Waals surface area contributed by atoms with Crippen LogP contribution in [0.3, 0.4) is 0 Å². The van der Waals surface area contributed by atoms with E-state index in [1.807, 2.05) is 61.9 Å². The monoisotopic (exact) mass is 369 g/mol. The minimum Gasteiger partial charge on any atom is -0.481 e. The molecular formula is C21H27N3O3. The van der Waals surface area contributed by atoms with Gasteiger partial charge in [0.2, 0.25) is 5.91 Å². The molecule has 2 heterocycles. The number of aryl methyl sites for hydroxylation is 2. The number of piperidine rings is 1. The second-order valence-corrected chi connectivity index (χ2v) is 7.56. The number of carboxylic acid groups (broad SMARTS) is 1. The van der Waals surface area contributed by atoms with Crippen LogP contribution in [0.4, 0.5) is 0 Å². The summed E-state index contributed by atoms with van der Waals surface area (Å²) in [7, 11) is 0. The topological polar surface area (TPSA) is 75.4 Å². The van der Waals surface area contributed by atoms with Gasteiger partial charge in [-0.2, -0.15) is 5.10 Å². The molecule has 1 aliphatic rings. The van der Waals surface area contributed by atoms with E-state index in [0.29, 0.717) is 32.4 Å². The highest BCUT2D eigenvalue weighted by molar-refractivity contribution is 5.82. The van der Waals surface area contributed by atoms with Gasteiger partial charge in [-0.3, -0.25) is 14.3 Å². The van der Waals surface area contributed by atoms with E-state index in [4.69, 9.17) is 0 Å². The number of benzene rings is 1. The Labute approximate surface area is 159 Å². The maximum absolute atomic E-state index is 12.8. The van der Waals surface area contributed by atoms with Gasteiger partial charge in [0.1, 0.15) is 0 Å². The standard InChI is InChI=1S/C21H27N3O3/c1-15-13-16(2)24(22-15)17(3)14-19(25)23-11-9-21(10-12-23,20(26)27)18-7-5-4-6-8-18/h4-8,13,17H,9-12,14H2,1-3H3,(H,26,27). The van der Waals surface area contributed by atoms with Gasteiger partial charge >= 0.3 is 5.97 Å². The molecule has 1 saturated heterocycles. The number of amides is 1. The van der Waals surface area contributed by atoms with Crippen LogP contribution in [-0.2, 0) is 15.0 Å². The van der Waals surface area contributed by atoms with Crippen LogP contribution >= 0.6 is 0 Å². The third kappa shape index (κ3) is 3.75. The lowest BCUT2D eigenvalue weighted by Crippen LogP contribution is -2.49. The van der Waals surface area contributed by atoms with E-state index in [-0.39, 0.29) is 11.9 Å². The summed E-state index contributed by atoms with van der Waals surface area (Å²) in [4.78, 5) is 26.6. The molecule has 6 heteroatoms. The molecule has 1 N–H and O–H groups in total. The molecule has 1 unspecified atom stereocenters. The lowest BCUT2D eigenvalue weighted by atomic mass is 9.73. The zero-order valence-corrected chi connectivity index (χ0v) is 16.2. The fraction of sp³-hybridized carbons (Fsp3) is 0.476. The van der Waals surface area contributed by atoms with Gasteiger partial charge < -0.3 is 10.0 Å². The molecule has 144 valence electrons. The minimum atomic E-state index is -0.903. The molecule has 0 aliphatic carbocycles. The average molecular weight is 369 g/mol. The van der Waals surface area contributed by atoms with E-state index in [0.717, 1.165) is 17.0 Å². The van der Waals surface area contributed by atoms with E-state index in [2.05, 4.69) is 5.10 Å². The number of aromatic nitrogens is 2. The van der Waals surface area contributed by atoms with Crippen molar-refractivity contribution in [1.82, 2.24) is 14.7 Å². The Hall–Kier alpha value is -2.63. The summed E-state index contributed by atoms with van der Waals surface area (Å²) in [6.07, 6.45) is 1.24. The maximum atomic E-state index is 12.8. The fourth-order valence-electron chi connectivity index (χ4n) is 4.08. The Bertz CT molecular complexity index is 820. The third-order valence-corrected chi connectivity index (χ3v) is 5.64. The zero-order chi connectivity index (χ0) is 19.6. The lowest BCUT2D eigenvalue weighted by molar-refractivity contribution is -0.148. The first-order valence-corrected chi connectivity index (χ1v) is 9.43. The molecule has 0 saturated carbocycles. The number of carboxylic acids is 1. The summed E-state index contributed by atoms with van der Waals surface area (Å²) in [6, 6.07) is 11.3. The molecule has 27 heavy (non-hydrogen) atoms. The quantitative estimate of drug-likeness (QED) is 0.879. The smallest absolute Gasteiger partial charge is 0.314 e. The molecule has 0 radical (unpaired) electrons. The predicted octanol–water partition coefficient (Wildman–Crippen LogP) is 3.10. The highest BCUT2D eigenvalue weighted by atomic mass is 16.4. The van der Waals surface area contributed by atoms with Crippen LogP contribution in [-0.4, -0.2) is 44.8 Å². The molecule has 0 bridgehead atoms. The van der Waals surface area contributed by atoms with Crippen LogP contribution in [0.25, 0.3) is 0 Å². The van der Waals surface area contributed by atoms with Gasteiger partial charge in [-0.15, -0.1) is 0 Å². The number of rotatable bonds is 5. The molecule has 1 atom stereocenters. The second kappa shape index (κ2) is 7.55. The Morgan fingerprint density at radius 2 is 1.81 bits per heavy atom. The number of carbonyl (C=O) groups excluding carboxylic acids is 1. The zero-order valence-electron chi connectivity index (χ0n) is 16.2. The molecule has 3 rings (SSSR count). The highest BCUT2D eigenvalue weighted by Gasteiger charge is 2.43. The number of nitrogens with zero attached hydrogens (tertiary/aromatic N) is 3. The van der Waals surface area contributed by atoms with Crippen LogP contribution in [0.1, 0.15) is 49.2 Å². The molecule has 6 nitrogen and oxygen atoms in total. The van der Waals surface area contributed by atoms with Crippen LogP contribution < -0.4 is 0 Å². The van der Waals surface area contributed by atoms with Crippen LogP contribution in [0.2, 0.25) is 0 Å². The summed E-state index contributed by atoms with van der Waals surface area (Å²) in [5, 5.41) is 14.3. The Balaban J connectivity index is 1.66. The minimum absolute atomic E-state index is 0.0218. The second-order valence-electron chi connectivity index (χ2n) is 7.56. The molecule has 1 fully saturated rings. The molecule has 0 spiro atoms. The Morgan fingerprint density at radius 1 is 1.19 bits per heavy atom. The van der Waals surface area contributed by atoms with Gasteiger partial charge in [-0.1, -0.05) is 30.3 Å². The van der Waals surface area contributed by atoms with Crippen molar-refractivity contribution in [3.8, 4) is 0 Å². The van der Waals surface area contributed by atoms with E-state index < -0.39 is 11.4 Å². The maximum Gasteiger partial charge on any atom is 0.314 e. The highest BCUT2D eigenvalue weighted by Crippen LogP contribution is 2.36. The van der Waals surface area contributed by atoms with Crippen molar-refractivity contribution in [2.45, 2.75) is 51.5 Å². The van der Waals surface area contributed by atoms with Gasteiger partial charge in [0.15, 0.2) is 0 Å². The van der Waals surface area contributed by atoms with Crippen molar-refractivity contribution < 1.29 is 14.7 Å². The summed E-state index contributed by atoms with van der Waals surface area (Å²) >= 11 is 0. The average Bonchev–Trinajstić information content (AvgIpc) is 3.00. The van der Waals surface area contributed by atoms with E-state index in [1.54, 1.807) is 4.90 Å². The number of carbonyl (C=O) groups is 2. The first-order chi connectivity index (χ1) is 12.8. The summed E-state index contributed by atoms with van der Waals surface area (Å²) in [5.41, 5.74) is 1.90. The van der Waals surface area contributed by atoms with E-state index in [1.165, 1.54) is 0 Å². The van der Waals surface area contributed by atoms with Crippen molar-refractivity contribution in [2.24, 2.45) is 0 Å².